The minimum Gasteiger partial charge on any atom is -0.457 e. The van der Waals surface area contributed by atoms with Crippen LogP contribution in [0.2, 0.25) is 0 Å². The summed E-state index contributed by atoms with van der Waals surface area (Å²) >= 11 is 0. The fourth-order valence-electron chi connectivity index (χ4n) is 3.35. The number of hydrogen-bond acceptors (Lipinski definition) is 7. The lowest BCUT2D eigenvalue weighted by atomic mass is 10.2. The Balaban J connectivity index is 1.35. The monoisotopic (exact) mass is 468 g/mol. The Morgan fingerprint density at radius 2 is 1.91 bits per heavy atom. The third-order valence-corrected chi connectivity index (χ3v) is 6.56. The first-order valence-electron chi connectivity index (χ1n) is 10.6. The van der Waals surface area contributed by atoms with E-state index in [9.17, 15) is 13.2 Å². The summed E-state index contributed by atoms with van der Waals surface area (Å²) in [5, 5.41) is 0. The van der Waals surface area contributed by atoms with Gasteiger partial charge in [0.05, 0.1) is 22.8 Å². The zero-order valence-electron chi connectivity index (χ0n) is 17.8. The van der Waals surface area contributed by atoms with Crippen molar-refractivity contribution in [2.75, 3.05) is 13.2 Å². The van der Waals surface area contributed by atoms with E-state index < -0.39 is 16.0 Å². The van der Waals surface area contributed by atoms with Crippen LogP contribution in [-0.4, -0.2) is 38.6 Å². The van der Waals surface area contributed by atoms with E-state index in [1.165, 1.54) is 24.3 Å². The van der Waals surface area contributed by atoms with Crippen LogP contribution < -0.4 is 9.46 Å². The van der Waals surface area contributed by atoms with E-state index in [-0.39, 0.29) is 29.7 Å². The van der Waals surface area contributed by atoms with Crippen molar-refractivity contribution >= 4 is 16.0 Å². The van der Waals surface area contributed by atoms with E-state index in [1.807, 2.05) is 12.1 Å². The molecular weight excluding hydrogens is 444 g/mol. The van der Waals surface area contributed by atoms with Gasteiger partial charge < -0.3 is 14.2 Å². The Bertz CT molecular complexity index is 1180. The van der Waals surface area contributed by atoms with Gasteiger partial charge in [0, 0.05) is 24.9 Å². The van der Waals surface area contributed by atoms with Gasteiger partial charge in [-0.3, -0.25) is 4.98 Å². The second-order valence-electron chi connectivity index (χ2n) is 7.49. The molecule has 1 aliphatic heterocycles. The average molecular weight is 469 g/mol. The number of hydrogen-bond donors (Lipinski definition) is 1. The SMILES string of the molecule is O=C(OCc1ccccc1Oc1cccnc1)c1ccc(S(=O)(=O)NCC2CCCO2)cc1. The van der Waals surface area contributed by atoms with Crippen LogP contribution in [0.4, 0.5) is 0 Å². The highest BCUT2D eigenvalue weighted by Crippen LogP contribution is 2.25. The van der Waals surface area contributed by atoms with Crippen molar-refractivity contribution in [2.24, 2.45) is 0 Å². The molecule has 1 atom stereocenters. The van der Waals surface area contributed by atoms with E-state index in [4.69, 9.17) is 14.2 Å². The number of benzene rings is 2. The molecule has 33 heavy (non-hydrogen) atoms. The minimum atomic E-state index is -3.68. The Hall–Kier alpha value is -3.27. The summed E-state index contributed by atoms with van der Waals surface area (Å²) in [7, 11) is -3.68. The number of esters is 1. The third-order valence-electron chi connectivity index (χ3n) is 5.12. The third kappa shape index (κ3) is 6.16. The van der Waals surface area contributed by atoms with Gasteiger partial charge in [-0.2, -0.15) is 0 Å². The molecular formula is C24H24N2O6S. The summed E-state index contributed by atoms with van der Waals surface area (Å²) in [5.41, 5.74) is 0.936. The smallest absolute Gasteiger partial charge is 0.338 e. The van der Waals surface area contributed by atoms with Crippen molar-refractivity contribution in [2.45, 2.75) is 30.4 Å². The van der Waals surface area contributed by atoms with Crippen molar-refractivity contribution in [3.05, 3.63) is 84.2 Å². The number of carbonyl (C=O) groups is 1. The summed E-state index contributed by atoms with van der Waals surface area (Å²) in [5.74, 6) is 0.556. The lowest BCUT2D eigenvalue weighted by molar-refractivity contribution is 0.0470. The standard InChI is InChI=1S/C24H24N2O6S/c27-24(31-17-19-5-1-2-8-23(19)32-21-6-3-13-25-15-21)18-9-11-22(12-10-18)33(28,29)26-16-20-7-4-14-30-20/h1-3,5-6,8-13,15,20,26H,4,7,14,16-17H2. The highest BCUT2D eigenvalue weighted by Gasteiger charge is 2.20. The molecule has 0 bridgehead atoms. The van der Waals surface area contributed by atoms with Gasteiger partial charge >= 0.3 is 5.97 Å². The first kappa shape index (κ1) is 22.9. The number of rotatable bonds is 9. The van der Waals surface area contributed by atoms with E-state index in [0.717, 1.165) is 12.8 Å². The van der Waals surface area contributed by atoms with Crippen LogP contribution in [0.3, 0.4) is 0 Å². The number of para-hydroxylation sites is 1. The first-order valence-corrected chi connectivity index (χ1v) is 12.0. The molecule has 1 aromatic heterocycles. The minimum absolute atomic E-state index is 0.00172. The fourth-order valence-corrected chi connectivity index (χ4v) is 4.41. The summed E-state index contributed by atoms with van der Waals surface area (Å²) in [6.45, 7) is 0.883. The van der Waals surface area contributed by atoms with E-state index in [1.54, 1.807) is 36.7 Å². The molecule has 1 unspecified atom stereocenters. The van der Waals surface area contributed by atoms with Crippen molar-refractivity contribution in [3.63, 3.8) is 0 Å². The summed E-state index contributed by atoms with van der Waals surface area (Å²) in [6.07, 6.45) is 4.91. The second kappa shape index (κ2) is 10.6. The molecule has 1 saturated heterocycles. The largest absolute Gasteiger partial charge is 0.457 e. The summed E-state index contributed by atoms with van der Waals surface area (Å²) in [4.78, 5) is 16.6. The molecule has 8 nitrogen and oxygen atoms in total. The van der Waals surface area contributed by atoms with Gasteiger partial charge in [0.1, 0.15) is 18.1 Å². The molecule has 1 aliphatic rings. The number of carbonyl (C=O) groups excluding carboxylic acids is 1. The number of nitrogens with one attached hydrogen (secondary N) is 1. The van der Waals surface area contributed by atoms with E-state index in [2.05, 4.69) is 9.71 Å². The zero-order valence-corrected chi connectivity index (χ0v) is 18.7. The number of aromatic nitrogens is 1. The van der Waals surface area contributed by atoms with Crippen molar-refractivity contribution in [1.82, 2.24) is 9.71 Å². The molecule has 0 spiro atoms. The zero-order chi connectivity index (χ0) is 23.1. The van der Waals surface area contributed by atoms with E-state index >= 15 is 0 Å². The number of pyridine rings is 1. The number of ether oxygens (including phenoxy) is 3. The molecule has 4 rings (SSSR count). The van der Waals surface area contributed by atoms with Gasteiger partial charge in [0.25, 0.3) is 0 Å². The first-order chi connectivity index (χ1) is 16.0. The number of sulfonamides is 1. The molecule has 1 fully saturated rings. The van der Waals surface area contributed by atoms with Crippen LogP contribution in [-0.2, 0) is 26.1 Å². The van der Waals surface area contributed by atoms with Crippen molar-refractivity contribution < 1.29 is 27.4 Å². The van der Waals surface area contributed by atoms with Crippen molar-refractivity contribution in [1.29, 1.82) is 0 Å². The average Bonchev–Trinajstić information content (AvgIpc) is 3.37. The normalized spacial score (nSPS) is 15.8. The van der Waals surface area contributed by atoms with Crippen LogP contribution >= 0.6 is 0 Å². The van der Waals surface area contributed by atoms with Gasteiger partial charge in [-0.05, 0) is 55.3 Å². The lowest BCUT2D eigenvalue weighted by Gasteiger charge is -2.12. The van der Waals surface area contributed by atoms with Gasteiger partial charge in [-0.1, -0.05) is 18.2 Å². The molecule has 9 heteroatoms. The predicted octanol–water partition coefficient (Wildman–Crippen LogP) is 3.69. The van der Waals surface area contributed by atoms with Gasteiger partial charge in [0.15, 0.2) is 0 Å². The fraction of sp³-hybridized carbons (Fsp3) is 0.250. The highest BCUT2D eigenvalue weighted by atomic mass is 32.2. The van der Waals surface area contributed by atoms with Gasteiger partial charge in [-0.25, -0.2) is 17.9 Å². The van der Waals surface area contributed by atoms with Crippen LogP contribution in [0, 0.1) is 0 Å². The highest BCUT2D eigenvalue weighted by molar-refractivity contribution is 7.89. The summed E-state index contributed by atoms with van der Waals surface area (Å²) in [6, 6.07) is 16.4. The van der Waals surface area contributed by atoms with Crippen LogP contribution in [0.5, 0.6) is 11.5 Å². The molecule has 0 aliphatic carbocycles. The predicted molar refractivity (Wildman–Crippen MR) is 120 cm³/mol. The maximum absolute atomic E-state index is 12.5. The topological polar surface area (TPSA) is 104 Å². The Labute approximate surface area is 192 Å². The maximum atomic E-state index is 12.5. The van der Waals surface area contributed by atoms with Crippen molar-refractivity contribution in [3.8, 4) is 11.5 Å². The number of nitrogens with zero attached hydrogens (tertiary/aromatic N) is 1. The molecule has 2 aromatic carbocycles. The van der Waals surface area contributed by atoms with Gasteiger partial charge in [0.2, 0.25) is 10.0 Å². The quantitative estimate of drug-likeness (QED) is 0.478. The molecule has 0 saturated carbocycles. The molecule has 3 aromatic rings. The van der Waals surface area contributed by atoms with Crippen LogP contribution in [0.15, 0.2) is 78.0 Å². The summed E-state index contributed by atoms with van der Waals surface area (Å²) < 4.78 is 44.2. The molecule has 0 amide bonds. The molecule has 0 radical (unpaired) electrons. The second-order valence-corrected chi connectivity index (χ2v) is 9.25. The molecule has 2 heterocycles. The van der Waals surface area contributed by atoms with E-state index in [0.29, 0.717) is 23.7 Å². The molecule has 1 N–H and O–H groups in total. The molecule has 172 valence electrons. The van der Waals surface area contributed by atoms with Crippen LogP contribution in [0.1, 0.15) is 28.8 Å². The van der Waals surface area contributed by atoms with Gasteiger partial charge in [-0.15, -0.1) is 0 Å². The lowest BCUT2D eigenvalue weighted by Crippen LogP contribution is -2.31. The Morgan fingerprint density at radius 1 is 1.09 bits per heavy atom. The maximum Gasteiger partial charge on any atom is 0.338 e. The Kier molecular flexibility index (Phi) is 7.33. The Morgan fingerprint density at radius 3 is 2.64 bits per heavy atom. The van der Waals surface area contributed by atoms with Crippen LogP contribution in [0.25, 0.3) is 0 Å².